The van der Waals surface area contributed by atoms with E-state index in [4.69, 9.17) is 5.26 Å². The summed E-state index contributed by atoms with van der Waals surface area (Å²) in [6, 6.07) is 10.5. The highest BCUT2D eigenvalue weighted by molar-refractivity contribution is 5.58. The molecule has 1 aliphatic heterocycles. The third-order valence-corrected chi connectivity index (χ3v) is 2.50. The van der Waals surface area contributed by atoms with Crippen molar-refractivity contribution in [1.82, 2.24) is 0 Å². The van der Waals surface area contributed by atoms with Crippen LogP contribution in [0.15, 0.2) is 24.3 Å². The van der Waals surface area contributed by atoms with Gasteiger partial charge in [0, 0.05) is 5.69 Å². The van der Waals surface area contributed by atoms with Gasteiger partial charge in [-0.3, -0.25) is 0 Å². The van der Waals surface area contributed by atoms with E-state index in [9.17, 15) is 0 Å². The number of hydrogen-bond donors (Lipinski definition) is 1. The minimum Gasteiger partial charge on any atom is -0.378 e. The molecule has 1 N–H and O–H groups in total. The summed E-state index contributed by atoms with van der Waals surface area (Å²) < 4.78 is 0. The Morgan fingerprint density at radius 1 is 1.54 bits per heavy atom. The van der Waals surface area contributed by atoms with Gasteiger partial charge in [0.1, 0.15) is 0 Å². The normalized spacial score (nSPS) is 24.6. The molecular formula is C11H12N2. The molecule has 1 aliphatic rings. The van der Waals surface area contributed by atoms with E-state index in [0.717, 1.165) is 6.42 Å². The second kappa shape index (κ2) is 2.77. The van der Waals surface area contributed by atoms with Crippen LogP contribution in [0.4, 0.5) is 5.69 Å². The zero-order valence-corrected chi connectivity index (χ0v) is 7.67. The average Bonchev–Trinajstić information content (AvgIpc) is 2.40. The van der Waals surface area contributed by atoms with Crippen molar-refractivity contribution in [2.45, 2.75) is 25.3 Å². The van der Waals surface area contributed by atoms with Crippen LogP contribution in [0, 0.1) is 11.3 Å². The maximum Gasteiger partial charge on any atom is 0.0646 e. The van der Waals surface area contributed by atoms with Crippen molar-refractivity contribution in [2.24, 2.45) is 0 Å². The Morgan fingerprint density at radius 3 is 3.00 bits per heavy atom. The molecule has 66 valence electrons. The summed E-state index contributed by atoms with van der Waals surface area (Å²) in [5.74, 6) is 0. The number of rotatable bonds is 1. The molecule has 0 saturated heterocycles. The number of anilines is 1. The van der Waals surface area contributed by atoms with E-state index in [-0.39, 0.29) is 5.54 Å². The first-order valence-corrected chi connectivity index (χ1v) is 4.47. The Hall–Kier alpha value is -1.49. The van der Waals surface area contributed by atoms with Crippen LogP contribution in [0.5, 0.6) is 0 Å². The van der Waals surface area contributed by atoms with Crippen LogP contribution < -0.4 is 5.32 Å². The first kappa shape index (κ1) is 8.12. The molecular weight excluding hydrogens is 160 g/mol. The van der Waals surface area contributed by atoms with Gasteiger partial charge in [0.25, 0.3) is 0 Å². The molecule has 1 atom stereocenters. The van der Waals surface area contributed by atoms with E-state index in [1.54, 1.807) is 0 Å². The second-order valence-corrected chi connectivity index (χ2v) is 3.85. The third-order valence-electron chi connectivity index (χ3n) is 2.50. The minimum absolute atomic E-state index is 0.0571. The molecule has 0 amide bonds. The molecule has 1 unspecified atom stereocenters. The molecule has 2 nitrogen and oxygen atoms in total. The van der Waals surface area contributed by atoms with Gasteiger partial charge < -0.3 is 5.32 Å². The predicted molar refractivity (Wildman–Crippen MR) is 52.4 cm³/mol. The van der Waals surface area contributed by atoms with Crippen molar-refractivity contribution in [2.75, 3.05) is 5.32 Å². The smallest absolute Gasteiger partial charge is 0.0646 e. The fourth-order valence-corrected chi connectivity index (χ4v) is 1.87. The highest BCUT2D eigenvalue weighted by Crippen LogP contribution is 2.33. The first-order chi connectivity index (χ1) is 6.23. The van der Waals surface area contributed by atoms with Gasteiger partial charge in [-0.15, -0.1) is 0 Å². The van der Waals surface area contributed by atoms with Crippen LogP contribution in [-0.2, 0) is 6.42 Å². The lowest BCUT2D eigenvalue weighted by atomic mass is 9.95. The van der Waals surface area contributed by atoms with Gasteiger partial charge in [-0.25, -0.2) is 0 Å². The zero-order valence-electron chi connectivity index (χ0n) is 7.67. The number of benzene rings is 1. The topological polar surface area (TPSA) is 35.8 Å². The van der Waals surface area contributed by atoms with Crippen LogP contribution in [0.25, 0.3) is 0 Å². The van der Waals surface area contributed by atoms with E-state index < -0.39 is 0 Å². The quantitative estimate of drug-likeness (QED) is 0.705. The predicted octanol–water partition coefficient (Wildman–Crippen LogP) is 2.33. The molecule has 1 aromatic rings. The van der Waals surface area contributed by atoms with E-state index in [1.165, 1.54) is 11.3 Å². The summed E-state index contributed by atoms with van der Waals surface area (Å²) in [6.45, 7) is 2.09. The van der Waals surface area contributed by atoms with Gasteiger partial charge in [0.05, 0.1) is 18.0 Å². The lowest BCUT2D eigenvalue weighted by molar-refractivity contribution is 0.547. The zero-order chi connectivity index (χ0) is 9.31. The SMILES string of the molecule is CC1(CC#N)Cc2ccccc2N1. The number of fused-ring (bicyclic) bond motifs is 1. The largest absolute Gasteiger partial charge is 0.378 e. The van der Waals surface area contributed by atoms with Crippen molar-refractivity contribution < 1.29 is 0 Å². The van der Waals surface area contributed by atoms with Crippen molar-refractivity contribution >= 4 is 5.69 Å². The molecule has 2 heteroatoms. The Labute approximate surface area is 78.2 Å². The maximum absolute atomic E-state index is 8.68. The number of nitrogens with zero attached hydrogens (tertiary/aromatic N) is 1. The van der Waals surface area contributed by atoms with Crippen molar-refractivity contribution in [3.8, 4) is 6.07 Å². The molecule has 0 bridgehead atoms. The number of hydrogen-bond acceptors (Lipinski definition) is 2. The lowest BCUT2D eigenvalue weighted by Crippen LogP contribution is -2.31. The first-order valence-electron chi connectivity index (χ1n) is 4.47. The van der Waals surface area contributed by atoms with Crippen LogP contribution in [0.3, 0.4) is 0 Å². The molecule has 0 spiro atoms. The van der Waals surface area contributed by atoms with Crippen molar-refractivity contribution in [3.63, 3.8) is 0 Å². The maximum atomic E-state index is 8.68. The van der Waals surface area contributed by atoms with Crippen molar-refractivity contribution in [3.05, 3.63) is 29.8 Å². The Kier molecular flexibility index (Phi) is 1.73. The van der Waals surface area contributed by atoms with E-state index in [2.05, 4.69) is 30.4 Å². The van der Waals surface area contributed by atoms with E-state index in [0.29, 0.717) is 6.42 Å². The average molecular weight is 172 g/mol. The summed E-state index contributed by atoms with van der Waals surface area (Å²) in [4.78, 5) is 0. The Balaban J connectivity index is 2.27. The molecule has 1 heterocycles. The monoisotopic (exact) mass is 172 g/mol. The summed E-state index contributed by atoms with van der Waals surface area (Å²) in [5.41, 5.74) is 2.44. The fourth-order valence-electron chi connectivity index (χ4n) is 1.87. The van der Waals surface area contributed by atoms with Gasteiger partial charge in [-0.1, -0.05) is 18.2 Å². The second-order valence-electron chi connectivity index (χ2n) is 3.85. The van der Waals surface area contributed by atoms with Crippen LogP contribution in [0.1, 0.15) is 18.9 Å². The highest BCUT2D eigenvalue weighted by atomic mass is 15.0. The van der Waals surface area contributed by atoms with Gasteiger partial charge in [0.2, 0.25) is 0 Å². The summed E-state index contributed by atoms with van der Waals surface area (Å²) in [5, 5.41) is 12.1. The van der Waals surface area contributed by atoms with Crippen molar-refractivity contribution in [1.29, 1.82) is 5.26 Å². The van der Waals surface area contributed by atoms with Crippen LogP contribution in [-0.4, -0.2) is 5.54 Å². The van der Waals surface area contributed by atoms with Gasteiger partial charge in [0.15, 0.2) is 0 Å². The summed E-state index contributed by atoms with van der Waals surface area (Å²) >= 11 is 0. The molecule has 0 fully saturated rings. The summed E-state index contributed by atoms with van der Waals surface area (Å²) in [7, 11) is 0. The lowest BCUT2D eigenvalue weighted by Gasteiger charge is -2.21. The summed E-state index contributed by atoms with van der Waals surface area (Å²) in [6.07, 6.45) is 1.51. The number of nitrogens with one attached hydrogen (secondary N) is 1. The van der Waals surface area contributed by atoms with E-state index in [1.807, 2.05) is 12.1 Å². The van der Waals surface area contributed by atoms with Crippen LogP contribution >= 0.6 is 0 Å². The van der Waals surface area contributed by atoms with Gasteiger partial charge >= 0.3 is 0 Å². The number of para-hydroxylation sites is 1. The minimum atomic E-state index is -0.0571. The molecule has 0 aliphatic carbocycles. The molecule has 2 rings (SSSR count). The third kappa shape index (κ3) is 1.38. The Morgan fingerprint density at radius 2 is 2.31 bits per heavy atom. The molecule has 0 radical (unpaired) electrons. The molecule has 1 aromatic carbocycles. The highest BCUT2D eigenvalue weighted by Gasteiger charge is 2.31. The molecule has 0 aromatic heterocycles. The van der Waals surface area contributed by atoms with Gasteiger partial charge in [-0.05, 0) is 25.0 Å². The molecule has 0 saturated carbocycles. The van der Waals surface area contributed by atoms with Gasteiger partial charge in [-0.2, -0.15) is 5.26 Å². The standard InChI is InChI=1S/C11H12N2/c1-11(6-7-12)8-9-4-2-3-5-10(9)13-11/h2-5,13H,6,8H2,1H3. The van der Waals surface area contributed by atoms with E-state index >= 15 is 0 Å². The molecule has 13 heavy (non-hydrogen) atoms. The number of nitriles is 1. The fraction of sp³-hybridized carbons (Fsp3) is 0.364. The van der Waals surface area contributed by atoms with Crippen LogP contribution in [0.2, 0.25) is 0 Å². The Bertz CT molecular complexity index is 338.